The lowest BCUT2D eigenvalue weighted by molar-refractivity contribution is -0.142. The van der Waals surface area contributed by atoms with Crippen molar-refractivity contribution in [1.29, 1.82) is 0 Å². The zero-order valence-corrected chi connectivity index (χ0v) is 14.2. The van der Waals surface area contributed by atoms with Crippen molar-refractivity contribution in [3.8, 4) is 11.5 Å². The Hall–Kier alpha value is -2.34. The predicted molar refractivity (Wildman–Crippen MR) is 89.7 cm³/mol. The van der Waals surface area contributed by atoms with Crippen molar-refractivity contribution in [2.24, 2.45) is 5.92 Å². The van der Waals surface area contributed by atoms with E-state index in [1.54, 1.807) is 24.3 Å². The fourth-order valence-corrected chi connectivity index (χ4v) is 2.34. The number of carboxylic acids is 1. The van der Waals surface area contributed by atoms with Crippen LogP contribution >= 0.6 is 11.6 Å². The van der Waals surface area contributed by atoms with Gasteiger partial charge in [0, 0.05) is 10.6 Å². The third-order valence-electron chi connectivity index (χ3n) is 3.33. The number of carbonyl (C=O) groups excluding carboxylic acids is 1. The molecular weight excluding hydrogens is 332 g/mol. The quantitative estimate of drug-likeness (QED) is 0.800. The van der Waals surface area contributed by atoms with Gasteiger partial charge in [-0.05, 0) is 36.6 Å². The van der Waals surface area contributed by atoms with Gasteiger partial charge in [-0.25, -0.2) is 9.78 Å². The van der Waals surface area contributed by atoms with E-state index in [0.29, 0.717) is 23.0 Å². The molecule has 0 unspecified atom stereocenters. The van der Waals surface area contributed by atoms with E-state index in [-0.39, 0.29) is 12.3 Å². The van der Waals surface area contributed by atoms with Gasteiger partial charge in [-0.1, -0.05) is 25.4 Å². The standard InChI is InChI=1S/C17H19ClN2O4/c1-10(2)7-14(17(22)23)20-15(21)8-13-9-24-16(19-13)11-3-5-12(18)6-4-11/h3-6,9-10,14H,7-8H2,1-2H3,(H,20,21)(H,22,23)/t14-/m0/s1. The number of hydrogen-bond acceptors (Lipinski definition) is 4. The Labute approximate surface area is 144 Å². The molecule has 0 saturated heterocycles. The number of amides is 1. The number of oxazole rings is 1. The van der Waals surface area contributed by atoms with Gasteiger partial charge in [0.2, 0.25) is 11.8 Å². The van der Waals surface area contributed by atoms with Crippen molar-refractivity contribution < 1.29 is 19.1 Å². The number of aromatic nitrogens is 1. The number of carbonyl (C=O) groups is 2. The Morgan fingerprint density at radius 2 is 1.96 bits per heavy atom. The molecule has 0 fully saturated rings. The number of aliphatic carboxylic acids is 1. The highest BCUT2D eigenvalue weighted by atomic mass is 35.5. The first-order chi connectivity index (χ1) is 11.3. The molecule has 24 heavy (non-hydrogen) atoms. The molecule has 0 bridgehead atoms. The molecule has 128 valence electrons. The summed E-state index contributed by atoms with van der Waals surface area (Å²) in [5, 5.41) is 12.3. The monoisotopic (exact) mass is 350 g/mol. The Kier molecular flexibility index (Phi) is 5.98. The summed E-state index contributed by atoms with van der Waals surface area (Å²) >= 11 is 5.83. The molecule has 0 spiro atoms. The number of nitrogens with zero attached hydrogens (tertiary/aromatic N) is 1. The third-order valence-corrected chi connectivity index (χ3v) is 3.58. The molecular formula is C17H19ClN2O4. The van der Waals surface area contributed by atoms with Gasteiger partial charge in [-0.2, -0.15) is 0 Å². The highest BCUT2D eigenvalue weighted by Crippen LogP contribution is 2.21. The van der Waals surface area contributed by atoms with Gasteiger partial charge in [0.15, 0.2) is 0 Å². The minimum absolute atomic E-state index is 0.0427. The average Bonchev–Trinajstić information content (AvgIpc) is 2.95. The second-order valence-electron chi connectivity index (χ2n) is 5.92. The van der Waals surface area contributed by atoms with Crippen molar-refractivity contribution in [1.82, 2.24) is 10.3 Å². The summed E-state index contributed by atoms with van der Waals surface area (Å²) in [6.07, 6.45) is 1.72. The number of benzene rings is 1. The van der Waals surface area contributed by atoms with Crippen LogP contribution in [0.2, 0.25) is 5.02 Å². The van der Waals surface area contributed by atoms with Crippen molar-refractivity contribution in [3.63, 3.8) is 0 Å². The summed E-state index contributed by atoms with van der Waals surface area (Å²) in [6.45, 7) is 3.80. The molecule has 2 rings (SSSR count). The molecule has 7 heteroatoms. The highest BCUT2D eigenvalue weighted by molar-refractivity contribution is 6.30. The van der Waals surface area contributed by atoms with Gasteiger partial charge in [0.25, 0.3) is 0 Å². The Bertz CT molecular complexity index is 710. The van der Waals surface area contributed by atoms with E-state index < -0.39 is 17.9 Å². The van der Waals surface area contributed by atoms with Crippen molar-refractivity contribution >= 4 is 23.5 Å². The molecule has 1 amide bonds. The largest absolute Gasteiger partial charge is 0.480 e. The molecule has 1 heterocycles. The van der Waals surface area contributed by atoms with E-state index in [2.05, 4.69) is 10.3 Å². The van der Waals surface area contributed by atoms with Gasteiger partial charge in [-0.3, -0.25) is 4.79 Å². The normalized spacial score (nSPS) is 12.2. The van der Waals surface area contributed by atoms with E-state index in [1.807, 2.05) is 13.8 Å². The molecule has 2 N–H and O–H groups in total. The molecule has 2 aromatic rings. The second kappa shape index (κ2) is 7.97. The lowest BCUT2D eigenvalue weighted by atomic mass is 10.0. The maximum Gasteiger partial charge on any atom is 0.326 e. The average molecular weight is 351 g/mol. The lowest BCUT2D eigenvalue weighted by Gasteiger charge is -2.15. The van der Waals surface area contributed by atoms with Gasteiger partial charge < -0.3 is 14.8 Å². The van der Waals surface area contributed by atoms with Crippen LogP contribution in [-0.2, 0) is 16.0 Å². The molecule has 0 radical (unpaired) electrons. The molecule has 0 aliphatic heterocycles. The number of carboxylic acid groups (broad SMARTS) is 1. The maximum atomic E-state index is 12.0. The first kappa shape index (κ1) is 18.0. The van der Waals surface area contributed by atoms with Crippen LogP contribution in [0.5, 0.6) is 0 Å². The van der Waals surface area contributed by atoms with Gasteiger partial charge in [0.05, 0.1) is 12.1 Å². The van der Waals surface area contributed by atoms with E-state index in [9.17, 15) is 9.59 Å². The molecule has 1 aromatic heterocycles. The Balaban J connectivity index is 1.99. The summed E-state index contributed by atoms with van der Waals surface area (Å²) in [4.78, 5) is 27.5. The van der Waals surface area contributed by atoms with Crippen molar-refractivity contribution in [2.75, 3.05) is 0 Å². The first-order valence-electron chi connectivity index (χ1n) is 7.57. The van der Waals surface area contributed by atoms with Crippen molar-refractivity contribution in [2.45, 2.75) is 32.7 Å². The zero-order valence-electron chi connectivity index (χ0n) is 13.5. The third kappa shape index (κ3) is 5.09. The Morgan fingerprint density at radius 3 is 2.54 bits per heavy atom. The summed E-state index contributed by atoms with van der Waals surface area (Å²) in [5.41, 5.74) is 1.18. The van der Waals surface area contributed by atoms with Crippen LogP contribution < -0.4 is 5.32 Å². The van der Waals surface area contributed by atoms with E-state index >= 15 is 0 Å². The number of hydrogen-bond donors (Lipinski definition) is 2. The first-order valence-corrected chi connectivity index (χ1v) is 7.95. The summed E-state index contributed by atoms with van der Waals surface area (Å²) < 4.78 is 5.36. The zero-order chi connectivity index (χ0) is 17.7. The van der Waals surface area contributed by atoms with Crippen molar-refractivity contribution in [3.05, 3.63) is 41.2 Å². The van der Waals surface area contributed by atoms with Crippen LogP contribution in [0.25, 0.3) is 11.5 Å². The van der Waals surface area contributed by atoms with Crippen LogP contribution in [0.4, 0.5) is 0 Å². The maximum absolute atomic E-state index is 12.0. The predicted octanol–water partition coefficient (Wildman–Crippen LogP) is 3.15. The molecule has 0 aliphatic carbocycles. The topological polar surface area (TPSA) is 92.4 Å². The lowest BCUT2D eigenvalue weighted by Crippen LogP contribution is -2.42. The van der Waals surface area contributed by atoms with Gasteiger partial charge in [0.1, 0.15) is 12.3 Å². The van der Waals surface area contributed by atoms with Crippen LogP contribution in [0, 0.1) is 5.92 Å². The fraction of sp³-hybridized carbons (Fsp3) is 0.353. The van der Waals surface area contributed by atoms with Gasteiger partial charge in [-0.15, -0.1) is 0 Å². The molecule has 1 aromatic carbocycles. The SMILES string of the molecule is CC(C)C[C@H](NC(=O)Cc1coc(-c2ccc(Cl)cc2)n1)C(=O)O. The molecule has 0 saturated carbocycles. The van der Waals surface area contributed by atoms with E-state index in [4.69, 9.17) is 21.1 Å². The summed E-state index contributed by atoms with van der Waals surface area (Å²) in [5.74, 6) is -0.903. The van der Waals surface area contributed by atoms with Gasteiger partial charge >= 0.3 is 5.97 Å². The Morgan fingerprint density at radius 1 is 1.29 bits per heavy atom. The molecule has 0 aliphatic rings. The van der Waals surface area contributed by atoms with Crippen LogP contribution in [0.15, 0.2) is 34.9 Å². The number of nitrogens with one attached hydrogen (secondary N) is 1. The minimum atomic E-state index is -1.04. The minimum Gasteiger partial charge on any atom is -0.480 e. The molecule has 6 nitrogen and oxygen atoms in total. The smallest absolute Gasteiger partial charge is 0.326 e. The molecule has 1 atom stereocenters. The summed E-state index contributed by atoms with van der Waals surface area (Å²) in [7, 11) is 0. The number of halogens is 1. The number of rotatable bonds is 7. The highest BCUT2D eigenvalue weighted by Gasteiger charge is 2.21. The van der Waals surface area contributed by atoms with E-state index in [0.717, 1.165) is 5.56 Å². The van der Waals surface area contributed by atoms with Crippen LogP contribution in [0.1, 0.15) is 26.0 Å². The fourth-order valence-electron chi connectivity index (χ4n) is 2.22. The van der Waals surface area contributed by atoms with E-state index in [1.165, 1.54) is 6.26 Å². The van der Waals surface area contributed by atoms with Crippen LogP contribution in [0.3, 0.4) is 0 Å². The summed E-state index contributed by atoms with van der Waals surface area (Å²) in [6, 6.07) is 6.07. The van der Waals surface area contributed by atoms with Crippen LogP contribution in [-0.4, -0.2) is 28.0 Å². The second-order valence-corrected chi connectivity index (χ2v) is 6.35.